The molecular weight excluding hydrogens is 258 g/mol. The van der Waals surface area contributed by atoms with Crippen molar-refractivity contribution in [3.63, 3.8) is 0 Å². The predicted molar refractivity (Wildman–Crippen MR) is 74.8 cm³/mol. The van der Waals surface area contributed by atoms with E-state index in [1.54, 1.807) is 6.07 Å². The fourth-order valence-corrected chi connectivity index (χ4v) is 2.59. The Balaban J connectivity index is 2.20. The summed E-state index contributed by atoms with van der Waals surface area (Å²) in [4.78, 5) is 13.5. The number of likely N-dealkylation sites (tertiary alicyclic amines) is 1. The van der Waals surface area contributed by atoms with Crippen molar-refractivity contribution in [1.82, 2.24) is 4.90 Å². The molecule has 0 aromatic heterocycles. The molecule has 1 heterocycles. The van der Waals surface area contributed by atoms with E-state index in [4.69, 9.17) is 4.74 Å². The van der Waals surface area contributed by atoms with Gasteiger partial charge in [-0.25, -0.2) is 0 Å². The fourth-order valence-electron chi connectivity index (χ4n) is 2.59. The van der Waals surface area contributed by atoms with Gasteiger partial charge < -0.3 is 14.9 Å². The van der Waals surface area contributed by atoms with E-state index in [1.165, 1.54) is 0 Å². The van der Waals surface area contributed by atoms with Crippen LogP contribution in [-0.2, 0) is 4.79 Å². The predicted octanol–water partition coefficient (Wildman–Crippen LogP) is 1.67. The van der Waals surface area contributed by atoms with Crippen molar-refractivity contribution in [2.75, 3.05) is 19.7 Å². The van der Waals surface area contributed by atoms with Gasteiger partial charge >= 0.3 is 5.97 Å². The molecule has 0 spiro atoms. The number of benzene rings is 1. The van der Waals surface area contributed by atoms with Gasteiger partial charge in [-0.15, -0.1) is 0 Å². The molecule has 20 heavy (non-hydrogen) atoms. The molecule has 1 atom stereocenters. The number of nitrogens with zero attached hydrogens (tertiary/aromatic N) is 1. The summed E-state index contributed by atoms with van der Waals surface area (Å²) in [5, 5.41) is 19.1. The molecule has 1 unspecified atom stereocenters. The van der Waals surface area contributed by atoms with Gasteiger partial charge in [-0.1, -0.05) is 12.1 Å². The first-order valence-electron chi connectivity index (χ1n) is 6.99. The molecule has 2 rings (SSSR count). The number of carboxylic acid groups (broad SMARTS) is 1. The lowest BCUT2D eigenvalue weighted by Gasteiger charge is -2.34. The Morgan fingerprint density at radius 3 is 2.75 bits per heavy atom. The average Bonchev–Trinajstić information content (AvgIpc) is 2.42. The van der Waals surface area contributed by atoms with Gasteiger partial charge in [0.25, 0.3) is 0 Å². The molecule has 1 fully saturated rings. The van der Waals surface area contributed by atoms with Crippen molar-refractivity contribution in [1.29, 1.82) is 0 Å². The third-order valence-electron chi connectivity index (χ3n) is 3.58. The van der Waals surface area contributed by atoms with Gasteiger partial charge in [0.1, 0.15) is 11.8 Å². The van der Waals surface area contributed by atoms with Gasteiger partial charge in [0.05, 0.1) is 12.7 Å². The summed E-state index contributed by atoms with van der Waals surface area (Å²) in [6.45, 7) is 3.64. The summed E-state index contributed by atoms with van der Waals surface area (Å²) < 4.78 is 5.43. The summed E-state index contributed by atoms with van der Waals surface area (Å²) in [6, 6.07) is 6.56. The zero-order valence-electron chi connectivity index (χ0n) is 11.7. The van der Waals surface area contributed by atoms with E-state index in [1.807, 2.05) is 30.0 Å². The molecule has 2 N–H and O–H groups in total. The first-order chi connectivity index (χ1) is 9.61. The quantitative estimate of drug-likeness (QED) is 0.858. The third kappa shape index (κ3) is 3.49. The number of hydrogen-bond acceptors (Lipinski definition) is 4. The Morgan fingerprint density at radius 2 is 2.15 bits per heavy atom. The van der Waals surface area contributed by atoms with E-state index < -0.39 is 12.0 Å². The van der Waals surface area contributed by atoms with E-state index in [0.717, 1.165) is 5.56 Å². The molecule has 110 valence electrons. The lowest BCUT2D eigenvalue weighted by atomic mass is 10.0. The van der Waals surface area contributed by atoms with Gasteiger partial charge in [0.15, 0.2) is 0 Å². The van der Waals surface area contributed by atoms with E-state index in [0.29, 0.717) is 38.3 Å². The standard InChI is InChI=1S/C15H21NO4/c1-2-20-13-5-3-4-11(10-13)14(15(18)19)16-8-6-12(17)7-9-16/h3-5,10,12,14,17H,2,6-9H2,1H3,(H,18,19). The first kappa shape index (κ1) is 14.8. The zero-order valence-corrected chi connectivity index (χ0v) is 11.7. The molecule has 0 bridgehead atoms. The second-order valence-electron chi connectivity index (χ2n) is 5.01. The Morgan fingerprint density at radius 1 is 1.45 bits per heavy atom. The Labute approximate surface area is 118 Å². The average molecular weight is 279 g/mol. The van der Waals surface area contributed by atoms with Gasteiger partial charge in [0.2, 0.25) is 0 Å². The lowest BCUT2D eigenvalue weighted by Crippen LogP contribution is -2.41. The van der Waals surface area contributed by atoms with Crippen LogP contribution in [0.15, 0.2) is 24.3 Å². The van der Waals surface area contributed by atoms with Crippen LogP contribution in [0.2, 0.25) is 0 Å². The molecular formula is C15H21NO4. The minimum atomic E-state index is -0.866. The minimum absolute atomic E-state index is 0.310. The topological polar surface area (TPSA) is 70.0 Å². The van der Waals surface area contributed by atoms with Crippen LogP contribution in [0, 0.1) is 0 Å². The highest BCUT2D eigenvalue weighted by Gasteiger charge is 2.30. The van der Waals surface area contributed by atoms with Crippen LogP contribution in [-0.4, -0.2) is 46.9 Å². The summed E-state index contributed by atoms with van der Waals surface area (Å²) >= 11 is 0. The number of carbonyl (C=O) groups is 1. The highest BCUT2D eigenvalue weighted by Crippen LogP contribution is 2.27. The second kappa shape index (κ2) is 6.72. The summed E-state index contributed by atoms with van der Waals surface area (Å²) in [6.07, 6.45) is 0.930. The highest BCUT2D eigenvalue weighted by atomic mass is 16.5. The van der Waals surface area contributed by atoms with E-state index in [2.05, 4.69) is 0 Å². The van der Waals surface area contributed by atoms with Crippen LogP contribution in [0.4, 0.5) is 0 Å². The van der Waals surface area contributed by atoms with E-state index in [-0.39, 0.29) is 6.10 Å². The van der Waals surface area contributed by atoms with Crippen molar-refractivity contribution in [2.24, 2.45) is 0 Å². The fraction of sp³-hybridized carbons (Fsp3) is 0.533. The maximum Gasteiger partial charge on any atom is 0.325 e. The number of aliphatic carboxylic acids is 1. The molecule has 1 aliphatic rings. The molecule has 5 nitrogen and oxygen atoms in total. The Hall–Kier alpha value is -1.59. The lowest BCUT2D eigenvalue weighted by molar-refractivity contribution is -0.144. The van der Waals surface area contributed by atoms with Crippen LogP contribution in [0.1, 0.15) is 31.4 Å². The number of carboxylic acids is 1. The monoisotopic (exact) mass is 279 g/mol. The third-order valence-corrected chi connectivity index (χ3v) is 3.58. The van der Waals surface area contributed by atoms with Crippen LogP contribution in [0.3, 0.4) is 0 Å². The number of aliphatic hydroxyl groups excluding tert-OH is 1. The van der Waals surface area contributed by atoms with E-state index in [9.17, 15) is 15.0 Å². The minimum Gasteiger partial charge on any atom is -0.494 e. The summed E-state index contributed by atoms with van der Waals surface area (Å²) in [5.74, 6) is -0.177. The molecule has 0 amide bonds. The highest BCUT2D eigenvalue weighted by molar-refractivity contribution is 5.75. The number of ether oxygens (including phenoxy) is 1. The van der Waals surface area contributed by atoms with E-state index >= 15 is 0 Å². The Kier molecular flexibility index (Phi) is 4.98. The van der Waals surface area contributed by atoms with Gasteiger partial charge in [-0.3, -0.25) is 9.69 Å². The normalized spacial score (nSPS) is 18.7. The van der Waals surface area contributed by atoms with Gasteiger partial charge in [-0.2, -0.15) is 0 Å². The molecule has 1 aliphatic heterocycles. The van der Waals surface area contributed by atoms with Crippen molar-refractivity contribution >= 4 is 5.97 Å². The number of rotatable bonds is 5. The van der Waals surface area contributed by atoms with Crippen molar-refractivity contribution in [2.45, 2.75) is 31.9 Å². The molecule has 1 aromatic rings. The molecule has 0 radical (unpaired) electrons. The van der Waals surface area contributed by atoms with Crippen molar-refractivity contribution in [3.8, 4) is 5.75 Å². The second-order valence-corrected chi connectivity index (χ2v) is 5.01. The largest absolute Gasteiger partial charge is 0.494 e. The maximum absolute atomic E-state index is 11.6. The van der Waals surface area contributed by atoms with Crippen LogP contribution < -0.4 is 4.74 Å². The molecule has 1 saturated heterocycles. The van der Waals surface area contributed by atoms with Crippen LogP contribution in [0.25, 0.3) is 0 Å². The van der Waals surface area contributed by atoms with Crippen molar-refractivity contribution in [3.05, 3.63) is 29.8 Å². The molecule has 5 heteroatoms. The molecule has 1 aromatic carbocycles. The van der Waals surface area contributed by atoms with Crippen LogP contribution in [0.5, 0.6) is 5.75 Å². The summed E-state index contributed by atoms with van der Waals surface area (Å²) in [5.41, 5.74) is 0.722. The van der Waals surface area contributed by atoms with Gasteiger partial charge in [-0.05, 0) is 37.5 Å². The molecule has 0 aliphatic carbocycles. The Bertz CT molecular complexity index is 455. The number of hydrogen-bond donors (Lipinski definition) is 2. The smallest absolute Gasteiger partial charge is 0.325 e. The first-order valence-corrected chi connectivity index (χ1v) is 6.99. The van der Waals surface area contributed by atoms with Gasteiger partial charge in [0, 0.05) is 13.1 Å². The maximum atomic E-state index is 11.6. The zero-order chi connectivity index (χ0) is 14.5. The van der Waals surface area contributed by atoms with Crippen LogP contribution >= 0.6 is 0 Å². The SMILES string of the molecule is CCOc1cccc(C(C(=O)O)N2CCC(O)CC2)c1. The number of aliphatic hydroxyl groups is 1. The summed E-state index contributed by atoms with van der Waals surface area (Å²) in [7, 11) is 0. The molecule has 0 saturated carbocycles. The van der Waals surface area contributed by atoms with Crippen molar-refractivity contribution < 1.29 is 19.7 Å². The number of piperidine rings is 1.